The van der Waals surface area contributed by atoms with Crippen molar-refractivity contribution in [3.63, 3.8) is 0 Å². The van der Waals surface area contributed by atoms with Crippen molar-refractivity contribution >= 4 is 27.3 Å². The Bertz CT molecular complexity index is 1820. The van der Waals surface area contributed by atoms with Crippen LogP contribution in [0.3, 0.4) is 0 Å². The lowest BCUT2D eigenvalue weighted by molar-refractivity contribution is -0.384. The molecule has 6 rings (SSSR count). The van der Waals surface area contributed by atoms with Gasteiger partial charge >= 0.3 is 6.03 Å². The van der Waals surface area contributed by atoms with E-state index < -0.39 is 14.9 Å². The molecule has 2 aliphatic rings. The third kappa shape index (κ3) is 5.63. The molecule has 0 aliphatic carbocycles. The van der Waals surface area contributed by atoms with E-state index in [2.05, 4.69) is 0 Å². The summed E-state index contributed by atoms with van der Waals surface area (Å²) in [6, 6.07) is 16.2. The maximum atomic E-state index is 14.0. The minimum Gasteiger partial charge on any atom is -0.378 e. The summed E-state index contributed by atoms with van der Waals surface area (Å²) in [5, 5.41) is 15.9. The number of nitrogens with zero attached hydrogens (tertiary/aromatic N) is 6. The first-order valence-electron chi connectivity index (χ1n) is 14.4. The largest absolute Gasteiger partial charge is 0.378 e. The number of amides is 2. The van der Waals surface area contributed by atoms with Crippen LogP contribution in [-0.4, -0.2) is 82.3 Å². The van der Waals surface area contributed by atoms with Gasteiger partial charge in [0.15, 0.2) is 0 Å². The van der Waals surface area contributed by atoms with Gasteiger partial charge in [-0.15, -0.1) is 0 Å². The third-order valence-electron chi connectivity index (χ3n) is 7.92. The van der Waals surface area contributed by atoms with Gasteiger partial charge in [-0.1, -0.05) is 24.3 Å². The van der Waals surface area contributed by atoms with Crippen molar-refractivity contribution in [1.29, 1.82) is 0 Å². The van der Waals surface area contributed by atoms with Gasteiger partial charge in [0.2, 0.25) is 0 Å². The molecule has 44 heavy (non-hydrogen) atoms. The summed E-state index contributed by atoms with van der Waals surface area (Å²) in [5.41, 5.74) is 3.90. The Kier molecular flexibility index (Phi) is 8.06. The lowest BCUT2D eigenvalue weighted by Gasteiger charge is -2.34. The number of carbonyl (C=O) groups is 1. The van der Waals surface area contributed by atoms with Crippen LogP contribution in [0.2, 0.25) is 0 Å². The van der Waals surface area contributed by atoms with Crippen LogP contribution in [0, 0.1) is 10.1 Å². The number of nitro benzene ring substituents is 1. The minimum atomic E-state index is -3.97. The summed E-state index contributed by atoms with van der Waals surface area (Å²) in [6.07, 6.45) is 5.86. The highest BCUT2D eigenvalue weighted by Gasteiger charge is 2.29. The summed E-state index contributed by atoms with van der Waals surface area (Å²) < 4.78 is 36.5. The molecule has 4 heterocycles. The fraction of sp³-hybridized carbons (Fsp3) is 0.290. The highest BCUT2D eigenvalue weighted by atomic mass is 32.2. The molecule has 2 aliphatic heterocycles. The maximum absolute atomic E-state index is 14.0. The predicted molar refractivity (Wildman–Crippen MR) is 164 cm³/mol. The molecule has 0 unspecified atom stereocenters. The van der Waals surface area contributed by atoms with Crippen LogP contribution >= 0.6 is 0 Å². The van der Waals surface area contributed by atoms with Gasteiger partial charge in [-0.05, 0) is 49.2 Å². The van der Waals surface area contributed by atoms with Crippen molar-refractivity contribution in [1.82, 2.24) is 23.6 Å². The number of ether oxygens (including phenoxy) is 1. The Balaban J connectivity index is 1.41. The first-order chi connectivity index (χ1) is 21.3. The molecule has 0 radical (unpaired) electrons. The molecule has 4 aromatic rings. The molecule has 0 spiro atoms. The Morgan fingerprint density at radius 3 is 2.34 bits per heavy atom. The van der Waals surface area contributed by atoms with E-state index in [0.717, 1.165) is 5.57 Å². The summed E-state index contributed by atoms with van der Waals surface area (Å²) in [4.78, 5) is 27.6. The second-order valence-corrected chi connectivity index (χ2v) is 12.4. The van der Waals surface area contributed by atoms with E-state index in [1.54, 1.807) is 63.1 Å². The molecule has 0 bridgehead atoms. The molecule has 0 saturated carbocycles. The lowest BCUT2D eigenvalue weighted by atomic mass is 10.0. The van der Waals surface area contributed by atoms with Crippen LogP contribution in [0.15, 0.2) is 84.0 Å². The average molecular weight is 617 g/mol. The van der Waals surface area contributed by atoms with Crippen molar-refractivity contribution < 1.29 is 22.9 Å². The van der Waals surface area contributed by atoms with Crippen LogP contribution in [0.1, 0.15) is 19.0 Å². The average Bonchev–Trinajstić information content (AvgIpc) is 3.71. The van der Waals surface area contributed by atoms with Crippen molar-refractivity contribution in [2.24, 2.45) is 0 Å². The van der Waals surface area contributed by atoms with E-state index in [1.165, 1.54) is 16.1 Å². The van der Waals surface area contributed by atoms with Gasteiger partial charge in [0.25, 0.3) is 15.7 Å². The number of carbonyl (C=O) groups excluding carboxylic acids is 1. The third-order valence-corrected chi connectivity index (χ3v) is 9.61. The Hall–Kier alpha value is -4.75. The number of aromatic nitrogens is 3. The molecule has 0 N–H and O–H groups in total. The van der Waals surface area contributed by atoms with E-state index in [0.29, 0.717) is 80.4 Å². The fourth-order valence-electron chi connectivity index (χ4n) is 5.51. The van der Waals surface area contributed by atoms with E-state index in [1.807, 2.05) is 25.3 Å². The normalized spacial score (nSPS) is 15.7. The molecular formula is C31H32N6O6S. The van der Waals surface area contributed by atoms with Crippen LogP contribution in [0.25, 0.3) is 28.0 Å². The Labute approximate surface area is 255 Å². The lowest BCUT2D eigenvalue weighted by Crippen LogP contribution is -2.49. The van der Waals surface area contributed by atoms with Crippen molar-refractivity contribution in [2.45, 2.75) is 24.8 Å². The topological polar surface area (TPSA) is 133 Å². The zero-order valence-electron chi connectivity index (χ0n) is 24.2. The van der Waals surface area contributed by atoms with E-state index >= 15 is 0 Å². The first kappa shape index (κ1) is 29.3. The summed E-state index contributed by atoms with van der Waals surface area (Å²) in [5.74, 6) is 0. The predicted octanol–water partition coefficient (Wildman–Crippen LogP) is 4.73. The highest BCUT2D eigenvalue weighted by molar-refractivity contribution is 7.90. The molecule has 13 heteroatoms. The van der Waals surface area contributed by atoms with Crippen molar-refractivity contribution in [3.05, 3.63) is 94.9 Å². The smallest absolute Gasteiger partial charge is 0.320 e. The quantitative estimate of drug-likeness (QED) is 0.217. The molecule has 2 amide bonds. The first-order valence-corrected chi connectivity index (χ1v) is 15.9. The van der Waals surface area contributed by atoms with Gasteiger partial charge in [0, 0.05) is 73.9 Å². The van der Waals surface area contributed by atoms with Crippen molar-refractivity contribution in [3.8, 4) is 22.4 Å². The number of hydrogen-bond acceptors (Lipinski definition) is 7. The number of urea groups is 1. The molecular weight excluding hydrogens is 584 g/mol. The number of rotatable bonds is 7. The highest BCUT2D eigenvalue weighted by Crippen LogP contribution is 2.37. The molecule has 1 fully saturated rings. The van der Waals surface area contributed by atoms with Gasteiger partial charge in [-0.2, -0.15) is 5.10 Å². The second kappa shape index (κ2) is 12.1. The number of benzene rings is 2. The molecule has 2 aromatic carbocycles. The molecule has 12 nitrogen and oxygen atoms in total. The summed E-state index contributed by atoms with van der Waals surface area (Å²) >= 11 is 0. The van der Waals surface area contributed by atoms with E-state index in [9.17, 15) is 23.3 Å². The zero-order chi connectivity index (χ0) is 30.8. The van der Waals surface area contributed by atoms with Gasteiger partial charge in [-0.3, -0.25) is 14.8 Å². The second-order valence-electron chi connectivity index (χ2n) is 10.6. The monoisotopic (exact) mass is 616 g/mol. The molecule has 0 atom stereocenters. The van der Waals surface area contributed by atoms with E-state index in [4.69, 9.17) is 9.84 Å². The van der Waals surface area contributed by atoms with Crippen molar-refractivity contribution in [2.75, 3.05) is 39.4 Å². The van der Waals surface area contributed by atoms with E-state index in [-0.39, 0.29) is 16.6 Å². The summed E-state index contributed by atoms with van der Waals surface area (Å²) in [7, 11) is -3.97. The number of aryl methyl sites for hydroxylation is 1. The fourth-order valence-corrected chi connectivity index (χ4v) is 6.92. The minimum absolute atomic E-state index is 0.0296. The van der Waals surface area contributed by atoms with Gasteiger partial charge in [0.05, 0.1) is 28.7 Å². The molecule has 1 saturated heterocycles. The number of hydrogen-bond donors (Lipinski definition) is 0. The number of nitro groups is 1. The molecule has 2 aromatic heterocycles. The Morgan fingerprint density at radius 1 is 0.977 bits per heavy atom. The Morgan fingerprint density at radius 2 is 1.70 bits per heavy atom. The molecule has 228 valence electrons. The van der Waals surface area contributed by atoms with Crippen LogP contribution < -0.4 is 0 Å². The SMILES string of the molecule is CCn1cc(-c2cc(C3=CCN(C(=O)N4CCOCC4)CC3)n(S(=O)(=O)c3ccccc3)c2)c(-c2ccc([N+](=O)[O-])cc2)n1. The van der Waals surface area contributed by atoms with Gasteiger partial charge in [-0.25, -0.2) is 17.2 Å². The summed E-state index contributed by atoms with van der Waals surface area (Å²) in [6.45, 7) is 5.48. The van der Waals surface area contributed by atoms with Gasteiger partial charge in [0.1, 0.15) is 5.69 Å². The number of morpholine rings is 1. The van der Waals surface area contributed by atoms with Crippen LogP contribution in [-0.2, 0) is 21.3 Å². The van der Waals surface area contributed by atoms with Crippen LogP contribution in [0.5, 0.6) is 0 Å². The van der Waals surface area contributed by atoms with Gasteiger partial charge < -0.3 is 14.5 Å². The standard InChI is InChI=1S/C31H32N6O6S/c1-2-35-22-28(30(32-35)24-8-10-26(11-9-24)37(39)40)25-20-29(36(21-25)44(41,42)27-6-4-3-5-7-27)23-12-14-33(15-13-23)31(38)34-16-18-43-19-17-34/h3-12,20-22H,2,13-19H2,1H3. The van der Waals surface area contributed by atoms with Crippen LogP contribution in [0.4, 0.5) is 10.5 Å². The maximum Gasteiger partial charge on any atom is 0.320 e. The number of non-ortho nitro benzene ring substituents is 1. The zero-order valence-corrected chi connectivity index (χ0v) is 25.0.